The normalized spacial score (nSPS) is 11.3. The van der Waals surface area contributed by atoms with E-state index in [0.717, 1.165) is 5.56 Å². The standard InChI is InChI=1S/C20H20FNO6/c1-12-4-5-14(20(25)26-3)10-17(12)22-18(23)11-27-19(24)13(2)28-16-8-6-15(21)7-9-16/h4-10,13H,11H2,1-3H3,(H,22,23)/t13-/m0/s1. The smallest absolute Gasteiger partial charge is 0.347 e. The zero-order chi connectivity index (χ0) is 20.7. The van der Waals surface area contributed by atoms with E-state index in [1.807, 2.05) is 0 Å². The lowest BCUT2D eigenvalue weighted by molar-refractivity contribution is -0.153. The summed E-state index contributed by atoms with van der Waals surface area (Å²) >= 11 is 0. The number of methoxy groups -OCH3 is 1. The van der Waals surface area contributed by atoms with Crippen LogP contribution in [-0.4, -0.2) is 37.7 Å². The molecule has 1 atom stereocenters. The van der Waals surface area contributed by atoms with Crippen molar-refractivity contribution in [1.29, 1.82) is 0 Å². The van der Waals surface area contributed by atoms with Crippen molar-refractivity contribution in [2.75, 3.05) is 19.0 Å². The molecule has 7 nitrogen and oxygen atoms in total. The first-order valence-electron chi connectivity index (χ1n) is 8.38. The van der Waals surface area contributed by atoms with Gasteiger partial charge in [0.2, 0.25) is 0 Å². The molecule has 0 aromatic heterocycles. The Morgan fingerprint density at radius 3 is 2.43 bits per heavy atom. The molecule has 0 radical (unpaired) electrons. The number of carbonyl (C=O) groups excluding carboxylic acids is 3. The van der Waals surface area contributed by atoms with Gasteiger partial charge in [0.1, 0.15) is 11.6 Å². The molecule has 0 fully saturated rings. The van der Waals surface area contributed by atoms with Crippen molar-refractivity contribution >= 4 is 23.5 Å². The molecule has 0 heterocycles. The van der Waals surface area contributed by atoms with Crippen molar-refractivity contribution in [1.82, 2.24) is 0 Å². The Bertz CT molecular complexity index is 865. The van der Waals surface area contributed by atoms with Crippen LogP contribution in [0.15, 0.2) is 42.5 Å². The third kappa shape index (κ3) is 5.80. The molecule has 0 aliphatic carbocycles. The Morgan fingerprint density at radius 1 is 1.11 bits per heavy atom. The number of nitrogens with one attached hydrogen (secondary N) is 1. The molecule has 0 bridgehead atoms. The van der Waals surface area contributed by atoms with Gasteiger partial charge in [-0.25, -0.2) is 14.0 Å². The summed E-state index contributed by atoms with van der Waals surface area (Å²) in [4.78, 5) is 35.6. The SMILES string of the molecule is COC(=O)c1ccc(C)c(NC(=O)COC(=O)[C@H](C)Oc2ccc(F)cc2)c1. The number of hydrogen-bond donors (Lipinski definition) is 1. The van der Waals surface area contributed by atoms with Crippen LogP contribution >= 0.6 is 0 Å². The highest BCUT2D eigenvalue weighted by Gasteiger charge is 2.18. The molecule has 1 N–H and O–H groups in total. The maximum Gasteiger partial charge on any atom is 0.347 e. The fourth-order valence-corrected chi connectivity index (χ4v) is 2.21. The molecule has 0 saturated heterocycles. The van der Waals surface area contributed by atoms with E-state index in [4.69, 9.17) is 9.47 Å². The molecule has 0 unspecified atom stereocenters. The fraction of sp³-hybridized carbons (Fsp3) is 0.250. The summed E-state index contributed by atoms with van der Waals surface area (Å²) < 4.78 is 27.8. The van der Waals surface area contributed by atoms with E-state index in [2.05, 4.69) is 10.1 Å². The zero-order valence-corrected chi connectivity index (χ0v) is 15.7. The highest BCUT2D eigenvalue weighted by molar-refractivity contribution is 5.96. The van der Waals surface area contributed by atoms with Crippen molar-refractivity contribution in [2.45, 2.75) is 20.0 Å². The van der Waals surface area contributed by atoms with E-state index in [9.17, 15) is 18.8 Å². The predicted octanol–water partition coefficient (Wildman–Crippen LogP) is 2.87. The van der Waals surface area contributed by atoms with Crippen LogP contribution in [0.2, 0.25) is 0 Å². The molecule has 0 aliphatic rings. The van der Waals surface area contributed by atoms with Crippen LogP contribution in [0.5, 0.6) is 5.75 Å². The van der Waals surface area contributed by atoms with Gasteiger partial charge in [0.15, 0.2) is 12.7 Å². The molecule has 0 aliphatic heterocycles. The summed E-state index contributed by atoms with van der Waals surface area (Å²) in [6.07, 6.45) is -0.984. The monoisotopic (exact) mass is 389 g/mol. The van der Waals surface area contributed by atoms with Gasteiger partial charge in [-0.05, 0) is 55.8 Å². The quantitative estimate of drug-likeness (QED) is 0.733. The average molecular weight is 389 g/mol. The summed E-state index contributed by atoms with van der Waals surface area (Å²) in [5.41, 5.74) is 1.40. The maximum absolute atomic E-state index is 12.9. The van der Waals surface area contributed by atoms with E-state index < -0.39 is 36.4 Å². The molecule has 8 heteroatoms. The third-order valence-corrected chi connectivity index (χ3v) is 3.74. The number of aryl methyl sites for hydroxylation is 1. The van der Waals surface area contributed by atoms with Crippen LogP contribution in [0.25, 0.3) is 0 Å². The van der Waals surface area contributed by atoms with Gasteiger partial charge in [0.25, 0.3) is 5.91 Å². The molecule has 2 rings (SSSR count). The van der Waals surface area contributed by atoms with E-state index in [1.165, 1.54) is 44.4 Å². The highest BCUT2D eigenvalue weighted by atomic mass is 19.1. The first-order chi connectivity index (χ1) is 13.3. The number of ether oxygens (including phenoxy) is 3. The van der Waals surface area contributed by atoms with Gasteiger partial charge < -0.3 is 19.5 Å². The van der Waals surface area contributed by atoms with Gasteiger partial charge in [-0.2, -0.15) is 0 Å². The minimum Gasteiger partial charge on any atom is -0.479 e. The molecule has 1 amide bonds. The Hall–Kier alpha value is -3.42. The van der Waals surface area contributed by atoms with E-state index >= 15 is 0 Å². The molecule has 2 aromatic carbocycles. The van der Waals surface area contributed by atoms with Crippen molar-refractivity contribution in [3.8, 4) is 5.75 Å². The predicted molar refractivity (Wildman–Crippen MR) is 98.6 cm³/mol. The van der Waals surface area contributed by atoms with Gasteiger partial charge in [0, 0.05) is 5.69 Å². The summed E-state index contributed by atoms with van der Waals surface area (Å²) in [5.74, 6) is -1.99. The van der Waals surface area contributed by atoms with Crippen LogP contribution in [0.3, 0.4) is 0 Å². The first-order valence-corrected chi connectivity index (χ1v) is 8.38. The molecular weight excluding hydrogens is 369 g/mol. The summed E-state index contributed by atoms with van der Waals surface area (Å²) in [6, 6.07) is 9.86. The van der Waals surface area contributed by atoms with Gasteiger partial charge in [0.05, 0.1) is 12.7 Å². The Labute approximate surface area is 161 Å². The number of benzene rings is 2. The topological polar surface area (TPSA) is 90.9 Å². The number of anilines is 1. The second kappa shape index (κ2) is 9.50. The van der Waals surface area contributed by atoms with E-state index in [0.29, 0.717) is 11.4 Å². The van der Waals surface area contributed by atoms with Crippen molar-refractivity contribution < 1.29 is 33.0 Å². The zero-order valence-electron chi connectivity index (χ0n) is 15.7. The van der Waals surface area contributed by atoms with E-state index in [1.54, 1.807) is 19.1 Å². The van der Waals surface area contributed by atoms with Gasteiger partial charge in [-0.3, -0.25) is 4.79 Å². The highest BCUT2D eigenvalue weighted by Crippen LogP contribution is 2.18. The van der Waals surface area contributed by atoms with Crippen LogP contribution in [0, 0.1) is 12.7 Å². The Kier molecular flexibility index (Phi) is 7.08. The van der Waals surface area contributed by atoms with Crippen LogP contribution in [0.1, 0.15) is 22.8 Å². The largest absolute Gasteiger partial charge is 0.479 e. The second-order valence-corrected chi connectivity index (χ2v) is 5.89. The lowest BCUT2D eigenvalue weighted by Gasteiger charge is -2.14. The average Bonchev–Trinajstić information content (AvgIpc) is 2.68. The molecule has 0 spiro atoms. The molecule has 2 aromatic rings. The summed E-state index contributed by atoms with van der Waals surface area (Å²) in [7, 11) is 1.26. The summed E-state index contributed by atoms with van der Waals surface area (Å²) in [5, 5.41) is 2.57. The number of carbonyl (C=O) groups is 3. The third-order valence-electron chi connectivity index (χ3n) is 3.74. The van der Waals surface area contributed by atoms with E-state index in [-0.39, 0.29) is 5.56 Å². The number of amides is 1. The van der Waals surface area contributed by atoms with Crippen LogP contribution < -0.4 is 10.1 Å². The first kappa shape index (κ1) is 20.9. The van der Waals surface area contributed by atoms with Crippen molar-refractivity contribution in [3.63, 3.8) is 0 Å². The Balaban J connectivity index is 1.88. The number of esters is 2. The molecule has 28 heavy (non-hydrogen) atoms. The van der Waals surface area contributed by atoms with Crippen molar-refractivity contribution in [2.24, 2.45) is 0 Å². The molecule has 148 valence electrons. The Morgan fingerprint density at radius 2 is 1.79 bits per heavy atom. The minimum atomic E-state index is -0.984. The molecular formula is C20H20FNO6. The van der Waals surface area contributed by atoms with Crippen LogP contribution in [0.4, 0.5) is 10.1 Å². The number of rotatable bonds is 7. The molecule has 0 saturated carbocycles. The lowest BCUT2D eigenvalue weighted by Crippen LogP contribution is -2.29. The van der Waals surface area contributed by atoms with Crippen molar-refractivity contribution in [3.05, 3.63) is 59.4 Å². The number of halogens is 1. The fourth-order valence-electron chi connectivity index (χ4n) is 2.21. The van der Waals surface area contributed by atoms with Gasteiger partial charge in [-0.1, -0.05) is 6.07 Å². The second-order valence-electron chi connectivity index (χ2n) is 5.89. The maximum atomic E-state index is 12.9. The summed E-state index contributed by atoms with van der Waals surface area (Å²) in [6.45, 7) is 2.67. The lowest BCUT2D eigenvalue weighted by atomic mass is 10.1. The van der Waals surface area contributed by atoms with Gasteiger partial charge >= 0.3 is 11.9 Å². The number of hydrogen-bond acceptors (Lipinski definition) is 6. The van der Waals surface area contributed by atoms with Crippen LogP contribution in [-0.2, 0) is 19.1 Å². The van der Waals surface area contributed by atoms with Gasteiger partial charge in [-0.15, -0.1) is 0 Å². The minimum absolute atomic E-state index is 0.279.